The fourth-order valence-electron chi connectivity index (χ4n) is 6.21. The van der Waals surface area contributed by atoms with Crippen molar-refractivity contribution in [2.75, 3.05) is 52.5 Å². The van der Waals surface area contributed by atoms with Crippen molar-refractivity contribution < 1.29 is 14.3 Å². The fourth-order valence-corrected chi connectivity index (χ4v) is 6.74. The number of benzene rings is 2. The van der Waals surface area contributed by atoms with E-state index in [0.717, 1.165) is 44.3 Å². The lowest BCUT2D eigenvalue weighted by atomic mass is 9.92. The lowest BCUT2D eigenvalue weighted by molar-refractivity contribution is -0.141. The Morgan fingerprint density at radius 1 is 0.829 bits per heavy atom. The number of carbonyl (C=O) groups is 2. The van der Waals surface area contributed by atoms with Crippen LogP contribution in [0, 0.1) is 5.92 Å². The zero-order valence-electron chi connectivity index (χ0n) is 22.7. The van der Waals surface area contributed by atoms with Gasteiger partial charge in [0.25, 0.3) is 5.91 Å². The third kappa shape index (κ3) is 6.04. The Kier molecular flexibility index (Phi) is 8.65. The molecule has 4 heterocycles. The number of amides is 2. The molecule has 0 bridgehead atoms. The zero-order chi connectivity index (χ0) is 28.5. The highest BCUT2D eigenvalue weighted by Gasteiger charge is 2.35. The average Bonchev–Trinajstić information content (AvgIpc) is 3.02. The van der Waals surface area contributed by atoms with Gasteiger partial charge in [0.05, 0.1) is 40.1 Å². The van der Waals surface area contributed by atoms with Gasteiger partial charge >= 0.3 is 0 Å². The van der Waals surface area contributed by atoms with Gasteiger partial charge in [-0.2, -0.15) is 0 Å². The van der Waals surface area contributed by atoms with E-state index in [1.54, 1.807) is 24.3 Å². The van der Waals surface area contributed by atoms with Crippen LogP contribution in [-0.4, -0.2) is 95.0 Å². The molecule has 216 valence electrons. The Bertz CT molecular complexity index is 1440. The summed E-state index contributed by atoms with van der Waals surface area (Å²) in [5.41, 5.74) is 1.56. The third-order valence-corrected chi connectivity index (χ3v) is 9.51. The summed E-state index contributed by atoms with van der Waals surface area (Å²) in [6.07, 6.45) is 3.63. The van der Waals surface area contributed by atoms with E-state index in [0.29, 0.717) is 72.2 Å². The molecule has 3 aliphatic heterocycles. The van der Waals surface area contributed by atoms with Gasteiger partial charge in [-0.15, -0.1) is 0 Å². The molecule has 6 rings (SSSR count). The fraction of sp³-hybridized carbons (Fsp3) is 0.467. The summed E-state index contributed by atoms with van der Waals surface area (Å²) in [5.74, 6) is 0.532. The normalized spacial score (nSPS) is 20.9. The number of hydrogen-bond donors (Lipinski definition) is 0. The Hall–Kier alpha value is -2.49. The molecule has 1 atom stereocenters. The van der Waals surface area contributed by atoms with Crippen LogP contribution >= 0.6 is 34.8 Å². The molecule has 1 aromatic heterocycles. The van der Waals surface area contributed by atoms with Crippen LogP contribution in [0.2, 0.25) is 15.1 Å². The molecule has 3 aromatic rings. The molecule has 3 saturated heterocycles. The average molecular weight is 617 g/mol. The second-order valence-corrected chi connectivity index (χ2v) is 12.2. The number of hydrogen-bond acceptors (Lipinski definition) is 6. The summed E-state index contributed by atoms with van der Waals surface area (Å²) in [4.78, 5) is 42.8. The highest BCUT2D eigenvalue weighted by atomic mass is 35.5. The zero-order valence-corrected chi connectivity index (χ0v) is 25.0. The number of halogens is 3. The van der Waals surface area contributed by atoms with Gasteiger partial charge in [0.15, 0.2) is 5.82 Å². The summed E-state index contributed by atoms with van der Waals surface area (Å²) in [5, 5.41) is 1.69. The van der Waals surface area contributed by atoms with Crippen molar-refractivity contribution >= 4 is 57.5 Å². The van der Waals surface area contributed by atoms with E-state index in [9.17, 15) is 9.59 Å². The monoisotopic (exact) mass is 615 g/mol. The number of aromatic nitrogens is 2. The molecule has 8 nitrogen and oxygen atoms in total. The van der Waals surface area contributed by atoms with Crippen LogP contribution in [-0.2, 0) is 9.53 Å². The van der Waals surface area contributed by atoms with Gasteiger partial charge < -0.3 is 14.5 Å². The molecule has 41 heavy (non-hydrogen) atoms. The number of piperidine rings is 2. The maximum Gasteiger partial charge on any atom is 0.273 e. The van der Waals surface area contributed by atoms with Gasteiger partial charge in [-0.3, -0.25) is 14.5 Å². The third-order valence-electron chi connectivity index (χ3n) is 8.45. The molecular weight excluding hydrogens is 585 g/mol. The first-order chi connectivity index (χ1) is 19.9. The Morgan fingerprint density at radius 3 is 2.29 bits per heavy atom. The highest BCUT2D eigenvalue weighted by molar-refractivity contribution is 6.45. The van der Waals surface area contributed by atoms with Crippen molar-refractivity contribution in [2.45, 2.75) is 31.7 Å². The van der Waals surface area contributed by atoms with Crippen molar-refractivity contribution in [1.82, 2.24) is 24.7 Å². The Balaban J connectivity index is 1.18. The van der Waals surface area contributed by atoms with E-state index in [1.807, 2.05) is 21.9 Å². The minimum Gasteiger partial charge on any atom is -0.378 e. The Morgan fingerprint density at radius 2 is 1.56 bits per heavy atom. The quantitative estimate of drug-likeness (QED) is 0.389. The maximum absolute atomic E-state index is 14.0. The topological polar surface area (TPSA) is 78.9 Å². The molecule has 0 N–H and O–H groups in total. The molecule has 3 fully saturated rings. The van der Waals surface area contributed by atoms with E-state index in [1.165, 1.54) is 0 Å². The van der Waals surface area contributed by atoms with Crippen LogP contribution in [0.5, 0.6) is 0 Å². The first kappa shape index (κ1) is 28.6. The highest BCUT2D eigenvalue weighted by Crippen LogP contribution is 2.34. The molecule has 2 amide bonds. The van der Waals surface area contributed by atoms with E-state index < -0.39 is 0 Å². The lowest BCUT2D eigenvalue weighted by Crippen LogP contribution is -2.53. The van der Waals surface area contributed by atoms with Crippen LogP contribution in [0.4, 0.5) is 0 Å². The predicted molar refractivity (Wildman–Crippen MR) is 161 cm³/mol. The van der Waals surface area contributed by atoms with Crippen LogP contribution in [0.3, 0.4) is 0 Å². The minimum atomic E-state index is -0.186. The lowest BCUT2D eigenvalue weighted by Gasteiger charge is -2.43. The van der Waals surface area contributed by atoms with E-state index in [2.05, 4.69) is 9.88 Å². The van der Waals surface area contributed by atoms with Gasteiger partial charge in [0.1, 0.15) is 5.69 Å². The standard InChI is InChI=1S/C30H32Cl3N5O3/c31-21-5-3-19(4-6-21)28-34-24-8-7-23(32)26(33)25(24)27(35-28)30(40)36-12-9-22(10-13-36)38-11-1-2-20(18-38)29(39)37-14-16-41-17-15-37/h3-8,20,22H,1-2,9-18H2/t20-/m1/s1. The minimum absolute atomic E-state index is 0.0343. The van der Waals surface area contributed by atoms with Crippen LogP contribution in [0.15, 0.2) is 36.4 Å². The maximum atomic E-state index is 14.0. The van der Waals surface area contributed by atoms with Gasteiger partial charge in [-0.25, -0.2) is 9.97 Å². The van der Waals surface area contributed by atoms with Crippen molar-refractivity contribution in [2.24, 2.45) is 5.92 Å². The molecule has 0 saturated carbocycles. The largest absolute Gasteiger partial charge is 0.378 e. The van der Waals surface area contributed by atoms with Crippen LogP contribution in [0.25, 0.3) is 22.3 Å². The van der Waals surface area contributed by atoms with Crippen molar-refractivity contribution in [1.29, 1.82) is 0 Å². The Labute approximate surface area is 254 Å². The van der Waals surface area contributed by atoms with Crippen LogP contribution in [0.1, 0.15) is 36.2 Å². The second-order valence-electron chi connectivity index (χ2n) is 11.0. The summed E-state index contributed by atoms with van der Waals surface area (Å²) in [6, 6.07) is 11.0. The summed E-state index contributed by atoms with van der Waals surface area (Å²) >= 11 is 19.0. The number of morpholine rings is 1. The number of ether oxygens (including phenoxy) is 1. The smallest absolute Gasteiger partial charge is 0.273 e. The summed E-state index contributed by atoms with van der Waals surface area (Å²) in [6.45, 7) is 5.57. The SMILES string of the molecule is O=C(c1nc(-c2ccc(Cl)cc2)nc2ccc(Cl)c(Cl)c12)N1CCC(N2CCC[C@@H](C(=O)N3CCOCC3)C2)CC1. The van der Waals surface area contributed by atoms with Gasteiger partial charge in [-0.05, 0) is 68.6 Å². The number of nitrogens with zero attached hydrogens (tertiary/aromatic N) is 5. The van der Waals surface area contributed by atoms with E-state index in [-0.39, 0.29) is 28.4 Å². The predicted octanol–water partition coefficient (Wildman–Crippen LogP) is 5.43. The van der Waals surface area contributed by atoms with E-state index in [4.69, 9.17) is 44.5 Å². The molecule has 0 spiro atoms. The number of fused-ring (bicyclic) bond motifs is 1. The number of likely N-dealkylation sites (tertiary alicyclic amines) is 2. The van der Waals surface area contributed by atoms with Crippen molar-refractivity contribution in [3.8, 4) is 11.4 Å². The van der Waals surface area contributed by atoms with Gasteiger partial charge in [0, 0.05) is 49.4 Å². The molecule has 0 aliphatic carbocycles. The van der Waals surface area contributed by atoms with Crippen LogP contribution < -0.4 is 0 Å². The van der Waals surface area contributed by atoms with Crippen molar-refractivity contribution in [3.05, 3.63) is 57.2 Å². The molecule has 3 aliphatic rings. The van der Waals surface area contributed by atoms with Gasteiger partial charge in [-0.1, -0.05) is 34.8 Å². The number of carbonyl (C=O) groups excluding carboxylic acids is 2. The summed E-state index contributed by atoms with van der Waals surface area (Å²) < 4.78 is 5.42. The molecular formula is C30H32Cl3N5O3. The molecule has 2 aromatic carbocycles. The first-order valence-electron chi connectivity index (χ1n) is 14.2. The summed E-state index contributed by atoms with van der Waals surface area (Å²) in [7, 11) is 0. The first-order valence-corrected chi connectivity index (χ1v) is 15.3. The van der Waals surface area contributed by atoms with Gasteiger partial charge in [0.2, 0.25) is 5.91 Å². The number of rotatable bonds is 4. The molecule has 0 radical (unpaired) electrons. The molecule has 0 unspecified atom stereocenters. The van der Waals surface area contributed by atoms with Crippen molar-refractivity contribution in [3.63, 3.8) is 0 Å². The molecule has 11 heteroatoms. The van der Waals surface area contributed by atoms with E-state index >= 15 is 0 Å². The second kappa shape index (κ2) is 12.4.